The number of hydrogen-bond acceptors (Lipinski definition) is 7. The summed E-state index contributed by atoms with van der Waals surface area (Å²) >= 11 is 0. The number of sulfone groups is 1. The molecular weight excluding hydrogens is 465 g/mol. The van der Waals surface area contributed by atoms with E-state index in [2.05, 4.69) is 10.3 Å². The highest BCUT2D eigenvalue weighted by Gasteiger charge is 2.18. The third-order valence-corrected chi connectivity index (χ3v) is 6.68. The minimum Gasteiger partial charge on any atom is -0.485 e. The third-order valence-electron chi connectivity index (χ3n) is 4.94. The standard InChI is InChI=1S/C23H20FN3O6S/c1-3-34(30,31)18-8-9-20(19(12-18)26-23(29)15-4-6-16(24)7-5-15)32-13-17-11-22(28)27-21(25-17)10-14(2)33-27/h4-12H,3,13H2,1-2H3,(H,26,29). The molecule has 0 saturated carbocycles. The fourth-order valence-electron chi connectivity index (χ4n) is 3.19. The van der Waals surface area contributed by atoms with E-state index in [-0.39, 0.29) is 34.3 Å². The average Bonchev–Trinajstić information content (AvgIpc) is 3.19. The van der Waals surface area contributed by atoms with Crippen LogP contribution in [0.5, 0.6) is 5.75 Å². The van der Waals surface area contributed by atoms with Gasteiger partial charge in [0, 0.05) is 17.7 Å². The predicted molar refractivity (Wildman–Crippen MR) is 121 cm³/mol. The number of carbonyl (C=O) groups is 1. The number of anilines is 1. The molecule has 0 unspecified atom stereocenters. The second-order valence-electron chi connectivity index (χ2n) is 7.40. The van der Waals surface area contributed by atoms with Gasteiger partial charge in [0.25, 0.3) is 11.5 Å². The summed E-state index contributed by atoms with van der Waals surface area (Å²) in [4.78, 5) is 29.2. The minimum absolute atomic E-state index is 0.00316. The number of benzene rings is 2. The zero-order valence-electron chi connectivity index (χ0n) is 18.2. The van der Waals surface area contributed by atoms with Crippen LogP contribution < -0.4 is 15.6 Å². The molecule has 2 aromatic carbocycles. The Kier molecular flexibility index (Phi) is 6.20. The number of amides is 1. The first-order valence-electron chi connectivity index (χ1n) is 10.2. The molecule has 0 bridgehead atoms. The molecule has 9 nitrogen and oxygen atoms in total. The van der Waals surface area contributed by atoms with Crippen molar-refractivity contribution < 1.29 is 26.9 Å². The van der Waals surface area contributed by atoms with Gasteiger partial charge in [0.1, 0.15) is 23.9 Å². The second-order valence-corrected chi connectivity index (χ2v) is 9.67. The van der Waals surface area contributed by atoms with Crippen LogP contribution in [0.1, 0.15) is 28.7 Å². The molecule has 0 spiro atoms. The number of aromatic nitrogens is 2. The summed E-state index contributed by atoms with van der Waals surface area (Å²) in [5, 5.41) is 2.61. The van der Waals surface area contributed by atoms with Crippen LogP contribution in [0.2, 0.25) is 0 Å². The van der Waals surface area contributed by atoms with Crippen LogP contribution in [0.3, 0.4) is 0 Å². The summed E-state index contributed by atoms with van der Waals surface area (Å²) in [6.07, 6.45) is 0. The van der Waals surface area contributed by atoms with Crippen molar-refractivity contribution in [1.82, 2.24) is 9.56 Å². The molecule has 11 heteroatoms. The molecule has 0 atom stereocenters. The Labute approximate surface area is 193 Å². The Hall–Kier alpha value is -3.99. The molecule has 1 N–H and O–H groups in total. The highest BCUT2D eigenvalue weighted by molar-refractivity contribution is 7.91. The lowest BCUT2D eigenvalue weighted by atomic mass is 10.2. The number of nitrogens with zero attached hydrogens (tertiary/aromatic N) is 2. The lowest BCUT2D eigenvalue weighted by molar-refractivity contribution is 0.102. The van der Waals surface area contributed by atoms with E-state index in [0.29, 0.717) is 17.1 Å². The van der Waals surface area contributed by atoms with E-state index in [1.807, 2.05) is 0 Å². The van der Waals surface area contributed by atoms with Crippen molar-refractivity contribution >= 4 is 27.1 Å². The van der Waals surface area contributed by atoms with Gasteiger partial charge in [-0.2, -0.15) is 0 Å². The summed E-state index contributed by atoms with van der Waals surface area (Å²) in [7, 11) is -3.56. The number of halogens is 1. The first-order valence-corrected chi connectivity index (χ1v) is 11.9. The van der Waals surface area contributed by atoms with Gasteiger partial charge in [-0.1, -0.05) is 6.92 Å². The van der Waals surface area contributed by atoms with Crippen molar-refractivity contribution in [2.75, 3.05) is 11.1 Å². The van der Waals surface area contributed by atoms with E-state index >= 15 is 0 Å². The highest BCUT2D eigenvalue weighted by atomic mass is 32.2. The Bertz CT molecular complexity index is 1540. The van der Waals surface area contributed by atoms with Gasteiger partial charge in [-0.3, -0.25) is 9.59 Å². The molecule has 0 aliphatic carbocycles. The van der Waals surface area contributed by atoms with Gasteiger partial charge in [0.2, 0.25) is 0 Å². The van der Waals surface area contributed by atoms with Gasteiger partial charge in [-0.25, -0.2) is 17.8 Å². The van der Waals surface area contributed by atoms with Crippen molar-refractivity contribution in [1.29, 1.82) is 0 Å². The molecule has 0 radical (unpaired) electrons. The Morgan fingerprint density at radius 2 is 1.88 bits per heavy atom. The molecule has 176 valence electrons. The van der Waals surface area contributed by atoms with Crippen LogP contribution in [0, 0.1) is 12.7 Å². The van der Waals surface area contributed by atoms with E-state index in [4.69, 9.17) is 9.26 Å². The quantitative estimate of drug-likeness (QED) is 0.426. The van der Waals surface area contributed by atoms with E-state index in [1.54, 1.807) is 13.0 Å². The minimum atomic E-state index is -3.56. The summed E-state index contributed by atoms with van der Waals surface area (Å²) in [6.45, 7) is 3.07. The van der Waals surface area contributed by atoms with Crippen LogP contribution in [0.25, 0.3) is 5.65 Å². The Morgan fingerprint density at radius 1 is 1.15 bits per heavy atom. The van der Waals surface area contributed by atoms with Gasteiger partial charge in [-0.05, 0) is 49.4 Å². The largest absolute Gasteiger partial charge is 0.485 e. The van der Waals surface area contributed by atoms with Crippen molar-refractivity contribution in [2.45, 2.75) is 25.3 Å². The molecule has 0 saturated heterocycles. The molecule has 4 rings (SSSR count). The first-order chi connectivity index (χ1) is 16.2. The maximum absolute atomic E-state index is 13.2. The molecule has 2 aromatic heterocycles. The number of carbonyl (C=O) groups excluding carboxylic acids is 1. The Morgan fingerprint density at radius 3 is 2.59 bits per heavy atom. The van der Waals surface area contributed by atoms with Crippen molar-refractivity contribution in [3.63, 3.8) is 0 Å². The predicted octanol–water partition coefficient (Wildman–Crippen LogP) is 3.36. The maximum Gasteiger partial charge on any atom is 0.287 e. The lowest BCUT2D eigenvalue weighted by Gasteiger charge is -2.14. The molecule has 0 fully saturated rings. The van der Waals surface area contributed by atoms with Crippen molar-refractivity contribution in [3.8, 4) is 5.75 Å². The monoisotopic (exact) mass is 485 g/mol. The van der Waals surface area contributed by atoms with Crippen LogP contribution in [0.4, 0.5) is 10.1 Å². The lowest BCUT2D eigenvalue weighted by Crippen LogP contribution is -2.16. The number of rotatable bonds is 7. The van der Waals surface area contributed by atoms with E-state index in [0.717, 1.165) is 16.7 Å². The van der Waals surface area contributed by atoms with Crippen LogP contribution in [-0.4, -0.2) is 29.6 Å². The van der Waals surface area contributed by atoms with Gasteiger partial charge in [0.15, 0.2) is 15.5 Å². The van der Waals surface area contributed by atoms with E-state index in [9.17, 15) is 22.4 Å². The smallest absolute Gasteiger partial charge is 0.287 e. The fourth-order valence-corrected chi connectivity index (χ4v) is 4.09. The first kappa shape index (κ1) is 23.2. The van der Waals surface area contributed by atoms with Gasteiger partial charge in [-0.15, -0.1) is 4.57 Å². The number of fused-ring (bicyclic) bond motifs is 1. The fraction of sp³-hybridized carbons (Fsp3) is 0.174. The normalized spacial score (nSPS) is 11.5. The van der Waals surface area contributed by atoms with Gasteiger partial charge in [0.05, 0.1) is 22.0 Å². The average molecular weight is 485 g/mol. The molecule has 2 heterocycles. The number of ether oxygens (including phenoxy) is 1. The SMILES string of the molecule is CCS(=O)(=O)c1ccc(OCc2cc(=O)n3oc(C)cc3n2)c(NC(=O)c2ccc(F)cc2)c1. The molecule has 34 heavy (non-hydrogen) atoms. The van der Waals surface area contributed by atoms with Crippen LogP contribution >= 0.6 is 0 Å². The van der Waals surface area contributed by atoms with Crippen LogP contribution in [0.15, 0.2) is 68.8 Å². The van der Waals surface area contributed by atoms with Crippen molar-refractivity contribution in [3.05, 3.63) is 87.8 Å². The highest BCUT2D eigenvalue weighted by Crippen LogP contribution is 2.29. The molecule has 0 aliphatic heterocycles. The summed E-state index contributed by atoms with van der Waals surface area (Å²) in [5.41, 5.74) is 0.475. The van der Waals surface area contributed by atoms with Gasteiger partial charge < -0.3 is 14.6 Å². The molecule has 1 amide bonds. The van der Waals surface area contributed by atoms with Crippen molar-refractivity contribution in [2.24, 2.45) is 0 Å². The third kappa shape index (κ3) is 4.84. The topological polar surface area (TPSA) is 120 Å². The number of nitrogens with one attached hydrogen (secondary N) is 1. The number of aryl methyl sites for hydroxylation is 1. The molecule has 4 aromatic rings. The Balaban J connectivity index is 1.65. The summed E-state index contributed by atoms with van der Waals surface area (Å²) < 4.78 is 50.0. The summed E-state index contributed by atoms with van der Waals surface area (Å²) in [5.74, 6) is -0.527. The second kappa shape index (κ2) is 9.10. The van der Waals surface area contributed by atoms with E-state index in [1.165, 1.54) is 43.3 Å². The molecule has 0 aliphatic rings. The zero-order valence-corrected chi connectivity index (χ0v) is 19.1. The maximum atomic E-state index is 13.2. The zero-order chi connectivity index (χ0) is 24.5. The van der Waals surface area contributed by atoms with E-state index < -0.39 is 27.1 Å². The number of hydrogen-bond donors (Lipinski definition) is 1. The van der Waals surface area contributed by atoms with Gasteiger partial charge >= 0.3 is 0 Å². The summed E-state index contributed by atoms with van der Waals surface area (Å²) in [6, 6.07) is 11.8. The molecular formula is C23H20FN3O6S. The van der Waals surface area contributed by atoms with Crippen LogP contribution in [-0.2, 0) is 16.4 Å².